The second-order valence-electron chi connectivity index (χ2n) is 15.0. The van der Waals surface area contributed by atoms with Gasteiger partial charge < -0.3 is 25.6 Å². The molecule has 0 aliphatic heterocycles. The van der Waals surface area contributed by atoms with E-state index in [-0.39, 0.29) is 37.8 Å². The molecule has 4 aromatic carbocycles. The van der Waals surface area contributed by atoms with Gasteiger partial charge >= 0.3 is 23.9 Å². The summed E-state index contributed by atoms with van der Waals surface area (Å²) in [7, 11) is 0. The van der Waals surface area contributed by atoms with Crippen LogP contribution in [0.5, 0.6) is 0 Å². The van der Waals surface area contributed by atoms with Gasteiger partial charge in [-0.25, -0.2) is 9.59 Å². The van der Waals surface area contributed by atoms with Crippen LogP contribution in [0.15, 0.2) is 91.0 Å². The first-order chi connectivity index (χ1) is 26.6. The molecule has 0 saturated carbocycles. The highest BCUT2D eigenvalue weighted by atomic mass is 35.5. The smallest absolute Gasteiger partial charge is 0.330 e. The number of hydrogen-bond donors (Lipinski definition) is 4. The van der Waals surface area contributed by atoms with E-state index in [0.29, 0.717) is 39.0 Å². The third-order valence-corrected chi connectivity index (χ3v) is 9.92. The van der Waals surface area contributed by atoms with Gasteiger partial charge in [0.1, 0.15) is 12.1 Å². The lowest BCUT2D eigenvalue weighted by Gasteiger charge is -2.24. The molecule has 0 heterocycles. The maximum absolute atomic E-state index is 13.6. The highest BCUT2D eigenvalue weighted by Crippen LogP contribution is 2.25. The van der Waals surface area contributed by atoms with Gasteiger partial charge in [-0.3, -0.25) is 9.59 Å². The Morgan fingerprint density at radius 2 is 0.946 bits per heavy atom. The molecule has 298 valence electrons. The third kappa shape index (κ3) is 14.0. The number of esters is 2. The van der Waals surface area contributed by atoms with Crippen molar-refractivity contribution in [2.24, 2.45) is 11.8 Å². The molecule has 4 unspecified atom stereocenters. The van der Waals surface area contributed by atoms with Crippen LogP contribution < -0.4 is 10.6 Å². The van der Waals surface area contributed by atoms with E-state index in [2.05, 4.69) is 10.6 Å². The predicted octanol–water partition coefficient (Wildman–Crippen LogP) is 8.94. The summed E-state index contributed by atoms with van der Waals surface area (Å²) in [5.74, 6) is -5.81. The van der Waals surface area contributed by atoms with Crippen LogP contribution in [0.4, 0.5) is 0 Å². The number of carbonyl (C=O) groups is 4. The molecule has 0 fully saturated rings. The van der Waals surface area contributed by atoms with Crippen LogP contribution in [0.25, 0.3) is 0 Å². The maximum atomic E-state index is 13.6. The van der Waals surface area contributed by atoms with Gasteiger partial charge in [0.2, 0.25) is 0 Å². The highest BCUT2D eigenvalue weighted by molar-refractivity contribution is 6.34. The average Bonchev–Trinajstić information content (AvgIpc) is 3.10. The number of ether oxygens (including phenoxy) is 1. The van der Waals surface area contributed by atoms with Gasteiger partial charge in [0.05, 0.1) is 11.8 Å². The molecule has 56 heavy (non-hydrogen) atoms. The molecule has 0 aliphatic carbocycles. The molecular formula is C44H49Cl3N2O7. The Balaban J connectivity index is 1.44. The Hall–Kier alpha value is -4.25. The van der Waals surface area contributed by atoms with Crippen molar-refractivity contribution in [2.45, 2.75) is 77.3 Å². The van der Waals surface area contributed by atoms with E-state index in [4.69, 9.17) is 39.5 Å². The lowest BCUT2D eigenvalue weighted by atomic mass is 9.94. The number of carboxylic acid groups (broad SMARTS) is 2. The van der Waals surface area contributed by atoms with E-state index in [0.717, 1.165) is 22.3 Å². The Bertz CT molecular complexity index is 1970. The highest BCUT2D eigenvalue weighted by Gasteiger charge is 2.31. The summed E-state index contributed by atoms with van der Waals surface area (Å²) in [4.78, 5) is 52.2. The quantitative estimate of drug-likeness (QED) is 0.0508. The lowest BCUT2D eigenvalue weighted by molar-refractivity contribution is -0.163. The number of benzene rings is 4. The van der Waals surface area contributed by atoms with Crippen LogP contribution in [0, 0.1) is 11.8 Å². The van der Waals surface area contributed by atoms with Gasteiger partial charge in [-0.2, -0.15) is 0 Å². The first-order valence-corrected chi connectivity index (χ1v) is 19.8. The van der Waals surface area contributed by atoms with E-state index in [1.807, 2.05) is 64.1 Å². The van der Waals surface area contributed by atoms with E-state index >= 15 is 0 Å². The molecule has 0 aromatic heterocycles. The van der Waals surface area contributed by atoms with Crippen LogP contribution in [-0.4, -0.2) is 59.3 Å². The lowest BCUT2D eigenvalue weighted by Crippen LogP contribution is -2.47. The molecule has 0 aliphatic rings. The Labute approximate surface area is 343 Å². The zero-order valence-electron chi connectivity index (χ0n) is 31.9. The summed E-state index contributed by atoms with van der Waals surface area (Å²) in [6, 6.07) is 25.2. The van der Waals surface area contributed by atoms with Crippen LogP contribution in [-0.2, 0) is 36.8 Å². The summed E-state index contributed by atoms with van der Waals surface area (Å²) in [6.45, 7) is 7.44. The number of aliphatic carboxylic acids is 2. The third-order valence-electron chi connectivity index (χ3n) is 9.25. The fraction of sp³-hybridized carbons (Fsp3) is 0.364. The first kappa shape index (κ1) is 44.5. The van der Waals surface area contributed by atoms with Crippen LogP contribution in [0.2, 0.25) is 15.1 Å². The normalized spacial score (nSPS) is 13.6. The summed E-state index contributed by atoms with van der Waals surface area (Å²) >= 11 is 18.5. The van der Waals surface area contributed by atoms with E-state index in [1.54, 1.807) is 54.6 Å². The number of rotatable bonds is 20. The molecule has 4 atom stereocenters. The summed E-state index contributed by atoms with van der Waals surface area (Å²) in [6.07, 6.45) is 1.61. The van der Waals surface area contributed by atoms with Gasteiger partial charge in [-0.15, -0.1) is 0 Å². The molecule has 0 radical (unpaired) electrons. The van der Waals surface area contributed by atoms with Crippen LogP contribution in [0.3, 0.4) is 0 Å². The van der Waals surface area contributed by atoms with E-state index in [9.17, 15) is 29.4 Å². The Morgan fingerprint density at radius 3 is 1.36 bits per heavy atom. The van der Waals surface area contributed by atoms with Crippen molar-refractivity contribution in [3.8, 4) is 0 Å². The summed E-state index contributed by atoms with van der Waals surface area (Å²) < 4.78 is 5.44. The SMILES string of the molecule is CC(C)CC(NCC(C(=O)O)c1cccc(Cc2cccc(Cl)c2)c1)C(=O)OC(=O)C(CC(C)C)NCC(C(=O)O)c1cccc(Cc2cc(Cl)cc(Cl)c2)c1. The van der Waals surface area contributed by atoms with Crippen molar-refractivity contribution in [3.63, 3.8) is 0 Å². The van der Waals surface area contributed by atoms with Crippen molar-refractivity contribution in [1.82, 2.24) is 10.6 Å². The molecule has 0 amide bonds. The molecule has 9 nitrogen and oxygen atoms in total. The van der Waals surface area contributed by atoms with Gasteiger partial charge in [0, 0.05) is 28.2 Å². The predicted molar refractivity (Wildman–Crippen MR) is 221 cm³/mol. The van der Waals surface area contributed by atoms with Crippen molar-refractivity contribution in [2.75, 3.05) is 13.1 Å². The molecule has 4 N–H and O–H groups in total. The number of carbonyl (C=O) groups excluding carboxylic acids is 2. The number of carboxylic acids is 2. The topological polar surface area (TPSA) is 142 Å². The second-order valence-corrected chi connectivity index (χ2v) is 16.3. The fourth-order valence-electron chi connectivity index (χ4n) is 6.60. The van der Waals surface area contributed by atoms with Crippen molar-refractivity contribution in [1.29, 1.82) is 0 Å². The van der Waals surface area contributed by atoms with E-state index in [1.165, 1.54) is 0 Å². The van der Waals surface area contributed by atoms with E-state index < -0.39 is 47.8 Å². The first-order valence-electron chi connectivity index (χ1n) is 18.6. The van der Waals surface area contributed by atoms with Crippen molar-refractivity contribution in [3.05, 3.63) is 139 Å². The Morgan fingerprint density at radius 1 is 0.554 bits per heavy atom. The number of halogens is 3. The van der Waals surface area contributed by atoms with Crippen LogP contribution in [0.1, 0.15) is 85.8 Å². The molecule has 4 rings (SSSR count). The monoisotopic (exact) mass is 822 g/mol. The zero-order chi connectivity index (χ0) is 40.9. The minimum Gasteiger partial charge on any atom is -0.481 e. The molecule has 4 aromatic rings. The fourth-order valence-corrected chi connectivity index (χ4v) is 7.38. The number of hydrogen-bond acceptors (Lipinski definition) is 7. The second kappa shape index (κ2) is 21.3. The standard InChI is InChI=1S/C44H49Cl3N2O7/c1-26(2)14-39(48-24-37(41(50)51)32-11-5-8-28(18-32)16-30-10-7-13-34(45)20-30)43(54)56-44(55)40(15-27(3)4)49-25-38(42(52)53)33-12-6-9-29(19-33)17-31-21-35(46)23-36(47)22-31/h5-13,18-23,26-27,37-40,48-49H,14-17,24-25H2,1-4H3,(H,50,51)(H,52,53). The minimum absolute atomic E-state index is 0.00169. The summed E-state index contributed by atoms with van der Waals surface area (Å²) in [5.41, 5.74) is 4.72. The van der Waals surface area contributed by atoms with Crippen molar-refractivity contribution < 1.29 is 34.1 Å². The van der Waals surface area contributed by atoms with Crippen molar-refractivity contribution >= 4 is 58.7 Å². The minimum atomic E-state index is -1.09. The van der Waals surface area contributed by atoms with Gasteiger partial charge in [0.15, 0.2) is 0 Å². The molecular weight excluding hydrogens is 775 g/mol. The number of nitrogens with one attached hydrogen (secondary N) is 2. The van der Waals surface area contributed by atoms with Gasteiger partial charge in [-0.05, 0) is 101 Å². The zero-order valence-corrected chi connectivity index (χ0v) is 34.2. The van der Waals surface area contributed by atoms with Gasteiger partial charge in [-0.1, -0.05) is 123 Å². The molecule has 0 spiro atoms. The molecule has 0 saturated heterocycles. The van der Waals surface area contributed by atoms with Crippen LogP contribution >= 0.6 is 34.8 Å². The molecule has 0 bridgehead atoms. The molecule has 12 heteroatoms. The summed E-state index contributed by atoms with van der Waals surface area (Å²) in [5, 5.41) is 28.2. The van der Waals surface area contributed by atoms with Gasteiger partial charge in [0.25, 0.3) is 0 Å². The average molecular weight is 824 g/mol. The Kier molecular flexibility index (Phi) is 16.9. The largest absolute Gasteiger partial charge is 0.481 e. The maximum Gasteiger partial charge on any atom is 0.330 e.